The largest absolute Gasteiger partial charge is 0.481 e. The molecule has 23 heteroatoms. The van der Waals surface area contributed by atoms with Crippen LogP contribution in [0.25, 0.3) is 0 Å². The third-order valence-electron chi connectivity index (χ3n) is 7.06. The second kappa shape index (κ2) is 22.5. The third-order valence-corrected chi connectivity index (χ3v) is 9.51. The fourth-order valence-corrected chi connectivity index (χ4v) is 6.63. The van der Waals surface area contributed by atoms with E-state index in [-0.39, 0.29) is 49.2 Å². The van der Waals surface area contributed by atoms with Crippen LogP contribution in [0.1, 0.15) is 46.5 Å². The number of hydrogen-bond donors (Lipinski definition) is 12. The Balaban J connectivity index is 3.47. The Morgan fingerprint density at radius 2 is 1.31 bits per heavy atom. The lowest BCUT2D eigenvalue weighted by atomic mass is 10.0. The standard InChI is InChI=1S/C28H49N11O10S2/c1-12(2)7-16-26(48)39-19(21(30)43)11-51-50-10-14(29)23(45)35-15(5-4-6-33-28(31)32)24(46)38-18(9-40)27(49)37-17(8-20(41)42)25(47)34-13(3)22(44)36-16/h12-19,40H,4-11,29H2,1-3H3,(H2,30,43)(H,34,47)(H,35,45)(H,36,44)(H,37,49)(H,38,46)(H,39,48)(H,41,42)(H4,31,32,33)/t13-,14+,15+,16+,17+,18-,19+/m0/s1. The van der Waals surface area contributed by atoms with E-state index in [2.05, 4.69) is 36.9 Å². The number of nitrogens with two attached hydrogens (primary N) is 4. The molecule has 1 fully saturated rings. The summed E-state index contributed by atoms with van der Waals surface area (Å²) in [6, 6.07) is -9.71. The maximum absolute atomic E-state index is 13.3. The number of nitrogens with zero attached hydrogens (tertiary/aromatic N) is 1. The van der Waals surface area contributed by atoms with E-state index in [0.717, 1.165) is 21.6 Å². The molecule has 7 atom stereocenters. The molecule has 0 unspecified atom stereocenters. The minimum absolute atomic E-state index is 0.0180. The van der Waals surface area contributed by atoms with Gasteiger partial charge in [0.2, 0.25) is 41.4 Å². The van der Waals surface area contributed by atoms with Gasteiger partial charge in [-0.05, 0) is 32.1 Å². The van der Waals surface area contributed by atoms with Gasteiger partial charge in [-0.2, -0.15) is 0 Å². The quantitative estimate of drug-likeness (QED) is 0.0428. The highest BCUT2D eigenvalue weighted by atomic mass is 33.1. The van der Waals surface area contributed by atoms with Crippen molar-refractivity contribution in [1.82, 2.24) is 31.9 Å². The van der Waals surface area contributed by atoms with Gasteiger partial charge >= 0.3 is 5.97 Å². The van der Waals surface area contributed by atoms with Crippen molar-refractivity contribution >= 4 is 74.9 Å². The van der Waals surface area contributed by atoms with E-state index >= 15 is 0 Å². The fourth-order valence-electron chi connectivity index (χ4n) is 4.33. The van der Waals surface area contributed by atoms with Crippen molar-refractivity contribution in [2.24, 2.45) is 33.8 Å². The highest BCUT2D eigenvalue weighted by molar-refractivity contribution is 8.76. The van der Waals surface area contributed by atoms with Crippen LogP contribution in [0.4, 0.5) is 0 Å². The van der Waals surface area contributed by atoms with Gasteiger partial charge in [0, 0.05) is 18.1 Å². The Morgan fingerprint density at radius 1 is 0.784 bits per heavy atom. The van der Waals surface area contributed by atoms with Crippen molar-refractivity contribution in [3.8, 4) is 0 Å². The maximum atomic E-state index is 13.3. The van der Waals surface area contributed by atoms with Gasteiger partial charge in [0.05, 0.1) is 19.1 Å². The van der Waals surface area contributed by atoms with E-state index in [4.69, 9.17) is 22.9 Å². The summed E-state index contributed by atoms with van der Waals surface area (Å²) < 4.78 is 0. The molecule has 0 aromatic carbocycles. The second-order valence-electron chi connectivity index (χ2n) is 12.0. The number of carbonyl (C=O) groups is 8. The van der Waals surface area contributed by atoms with Crippen molar-refractivity contribution in [2.75, 3.05) is 24.7 Å². The molecule has 0 saturated carbocycles. The molecule has 16 N–H and O–H groups in total. The van der Waals surface area contributed by atoms with Crippen molar-refractivity contribution in [3.63, 3.8) is 0 Å². The van der Waals surface area contributed by atoms with Crippen LogP contribution in [0.15, 0.2) is 4.99 Å². The summed E-state index contributed by atoms with van der Waals surface area (Å²) in [6.07, 6.45) is -0.708. The average Bonchev–Trinajstić information content (AvgIpc) is 3.03. The van der Waals surface area contributed by atoms with Crippen molar-refractivity contribution < 1.29 is 48.6 Å². The van der Waals surface area contributed by atoms with Crippen LogP contribution >= 0.6 is 21.6 Å². The molecule has 0 radical (unpaired) electrons. The van der Waals surface area contributed by atoms with Crippen LogP contribution in [-0.2, 0) is 38.4 Å². The highest BCUT2D eigenvalue weighted by Crippen LogP contribution is 2.23. The smallest absolute Gasteiger partial charge is 0.305 e. The van der Waals surface area contributed by atoms with Crippen LogP contribution < -0.4 is 54.8 Å². The van der Waals surface area contributed by atoms with Gasteiger partial charge in [0.15, 0.2) is 5.96 Å². The number of rotatable bonds is 10. The fraction of sp³-hybridized carbons (Fsp3) is 0.679. The van der Waals surface area contributed by atoms with Crippen LogP contribution in [0.5, 0.6) is 0 Å². The number of primary amides is 1. The first-order valence-corrected chi connectivity index (χ1v) is 18.3. The van der Waals surface area contributed by atoms with E-state index in [9.17, 15) is 48.6 Å². The van der Waals surface area contributed by atoms with Crippen molar-refractivity contribution in [3.05, 3.63) is 0 Å². The Kier molecular flexibility index (Phi) is 19.7. The predicted molar refractivity (Wildman–Crippen MR) is 188 cm³/mol. The normalized spacial score (nSPS) is 26.7. The number of aliphatic hydroxyl groups excluding tert-OH is 1. The van der Waals surface area contributed by atoms with Crippen LogP contribution in [-0.4, -0.2) is 130 Å². The van der Waals surface area contributed by atoms with Crippen LogP contribution in [0.3, 0.4) is 0 Å². The van der Waals surface area contributed by atoms with Gasteiger partial charge in [0.25, 0.3) is 0 Å². The number of hydrogen-bond acceptors (Lipinski definition) is 13. The molecule has 288 valence electrons. The van der Waals surface area contributed by atoms with E-state index in [0.29, 0.717) is 0 Å². The van der Waals surface area contributed by atoms with E-state index in [1.165, 1.54) is 6.92 Å². The molecule has 1 heterocycles. The Morgan fingerprint density at radius 3 is 1.88 bits per heavy atom. The monoisotopic (exact) mass is 763 g/mol. The summed E-state index contributed by atoms with van der Waals surface area (Å²) in [5, 5.41) is 33.5. The minimum Gasteiger partial charge on any atom is -0.481 e. The summed E-state index contributed by atoms with van der Waals surface area (Å²) in [6.45, 7) is 3.89. The predicted octanol–water partition coefficient (Wildman–Crippen LogP) is -5.31. The number of aliphatic hydroxyl groups is 1. The molecule has 0 aliphatic carbocycles. The van der Waals surface area contributed by atoms with Crippen LogP contribution in [0, 0.1) is 5.92 Å². The number of nitrogens with one attached hydrogen (secondary N) is 6. The number of carbonyl (C=O) groups excluding carboxylic acids is 7. The number of aliphatic imine (C=N–C) groups is 1. The topological polar surface area (TPSA) is 366 Å². The summed E-state index contributed by atoms with van der Waals surface area (Å²) in [4.78, 5) is 106. The molecule has 51 heavy (non-hydrogen) atoms. The zero-order chi connectivity index (χ0) is 38.8. The molecular weight excluding hydrogens is 715 g/mol. The third kappa shape index (κ3) is 16.9. The molecule has 0 bridgehead atoms. The molecule has 1 rings (SSSR count). The molecule has 1 aliphatic heterocycles. The summed E-state index contributed by atoms with van der Waals surface area (Å²) in [5.41, 5.74) is 22.2. The molecule has 1 saturated heterocycles. The summed E-state index contributed by atoms with van der Waals surface area (Å²) in [5.74, 6) is -8.33. The molecule has 0 spiro atoms. The van der Waals surface area contributed by atoms with Crippen LogP contribution in [0.2, 0.25) is 0 Å². The molecule has 7 amide bonds. The summed E-state index contributed by atoms with van der Waals surface area (Å²) >= 11 is 0. The first kappa shape index (κ1) is 44.7. The lowest BCUT2D eigenvalue weighted by molar-refractivity contribution is -0.141. The number of carboxylic acid groups (broad SMARTS) is 1. The lowest BCUT2D eigenvalue weighted by Gasteiger charge is -2.26. The van der Waals surface area contributed by atoms with Crippen molar-refractivity contribution in [2.45, 2.75) is 88.7 Å². The number of guanidine groups is 1. The number of amides is 7. The lowest BCUT2D eigenvalue weighted by Crippen LogP contribution is -2.60. The highest BCUT2D eigenvalue weighted by Gasteiger charge is 2.33. The second-order valence-corrected chi connectivity index (χ2v) is 14.5. The van der Waals surface area contributed by atoms with Gasteiger partial charge in [-0.15, -0.1) is 0 Å². The first-order valence-electron chi connectivity index (χ1n) is 15.9. The van der Waals surface area contributed by atoms with Gasteiger partial charge < -0.3 is 65.0 Å². The van der Waals surface area contributed by atoms with Gasteiger partial charge in [-0.3, -0.25) is 43.3 Å². The first-order chi connectivity index (χ1) is 23.9. The van der Waals surface area contributed by atoms with Gasteiger partial charge in [-0.1, -0.05) is 35.4 Å². The average molecular weight is 764 g/mol. The Hall–Kier alpha value is -4.35. The number of carboxylic acids is 1. The molecule has 0 aromatic rings. The van der Waals surface area contributed by atoms with Crippen molar-refractivity contribution in [1.29, 1.82) is 0 Å². The van der Waals surface area contributed by atoms with E-state index in [1.54, 1.807) is 13.8 Å². The Bertz CT molecular complexity index is 1300. The molecule has 21 nitrogen and oxygen atoms in total. The van der Waals surface area contributed by atoms with E-state index in [1.807, 2.05) is 0 Å². The minimum atomic E-state index is -1.79. The van der Waals surface area contributed by atoms with E-state index < -0.39 is 103 Å². The zero-order valence-corrected chi connectivity index (χ0v) is 30.1. The summed E-state index contributed by atoms with van der Waals surface area (Å²) in [7, 11) is 2.15. The molecule has 0 aromatic heterocycles. The zero-order valence-electron chi connectivity index (χ0n) is 28.5. The maximum Gasteiger partial charge on any atom is 0.305 e. The Labute approximate surface area is 302 Å². The molecule has 1 aliphatic rings. The van der Waals surface area contributed by atoms with Gasteiger partial charge in [0.1, 0.15) is 36.3 Å². The van der Waals surface area contributed by atoms with Gasteiger partial charge in [-0.25, -0.2) is 0 Å². The number of aliphatic carboxylic acids is 1. The molecular formula is C28H49N11O10S2. The SMILES string of the molecule is CC(C)C[C@H]1NC(=O)[C@H](C)NC(=O)[C@@H](CC(=O)O)NC(=O)[C@H](CO)NC(=O)[C@@H](CCCN=C(N)N)NC(=O)[C@H](N)CSSC[C@H](C(N)=O)NC1=O.